The van der Waals surface area contributed by atoms with Crippen molar-refractivity contribution in [3.63, 3.8) is 0 Å². The quantitative estimate of drug-likeness (QED) is 0.680. The first kappa shape index (κ1) is 21.2. The number of hydrogen-bond donors (Lipinski definition) is 1. The number of imide groups is 1. The van der Waals surface area contributed by atoms with Gasteiger partial charge in [0.1, 0.15) is 6.04 Å². The second-order valence-electron chi connectivity index (χ2n) is 7.21. The fourth-order valence-electron chi connectivity index (χ4n) is 3.55. The van der Waals surface area contributed by atoms with Gasteiger partial charge in [0.25, 0.3) is 11.8 Å². The van der Waals surface area contributed by atoms with Crippen LogP contribution in [-0.4, -0.2) is 53.1 Å². The molecule has 0 fully saturated rings. The van der Waals surface area contributed by atoms with Gasteiger partial charge in [0.2, 0.25) is 11.8 Å². The van der Waals surface area contributed by atoms with E-state index >= 15 is 0 Å². The molecule has 156 valence electrons. The molecule has 0 spiro atoms. The Labute approximate surface area is 175 Å². The van der Waals surface area contributed by atoms with Gasteiger partial charge < -0.3 is 10.2 Å². The normalized spacial score (nSPS) is 13.7. The highest BCUT2D eigenvalue weighted by molar-refractivity contribution is 6.21. The number of nitrogens with one attached hydrogen (secondary N) is 1. The Bertz CT molecular complexity index is 923. The summed E-state index contributed by atoms with van der Waals surface area (Å²) in [7, 11) is 1.53. The summed E-state index contributed by atoms with van der Waals surface area (Å²) in [5.41, 5.74) is 1.71. The fraction of sp³-hybridized carbons (Fsp3) is 0.304. The van der Waals surface area contributed by atoms with Crippen LogP contribution in [-0.2, 0) is 16.1 Å². The van der Waals surface area contributed by atoms with Crippen LogP contribution < -0.4 is 5.32 Å². The average molecular weight is 407 g/mol. The molecule has 1 atom stereocenters. The lowest BCUT2D eigenvalue weighted by Crippen LogP contribution is -2.46. The Morgan fingerprint density at radius 3 is 2.10 bits per heavy atom. The van der Waals surface area contributed by atoms with Crippen LogP contribution in [0.15, 0.2) is 54.6 Å². The SMILES string of the molecule is CNC(=O)[C@H](C)N(Cc1ccccc1)C(=O)CCCN1C(=O)c2ccccc2C1=O. The third-order valence-electron chi connectivity index (χ3n) is 5.26. The summed E-state index contributed by atoms with van der Waals surface area (Å²) in [6, 6.07) is 15.5. The Morgan fingerprint density at radius 1 is 0.967 bits per heavy atom. The molecule has 1 N–H and O–H groups in total. The number of carbonyl (C=O) groups is 4. The molecule has 2 aromatic rings. The standard InChI is InChI=1S/C23H25N3O4/c1-16(21(28)24-2)26(15-17-9-4-3-5-10-17)20(27)13-8-14-25-22(29)18-11-6-7-12-19(18)23(25)30/h3-7,9-12,16H,8,13-15H2,1-2H3,(H,24,28)/t16-/m0/s1. The highest BCUT2D eigenvalue weighted by Gasteiger charge is 2.35. The van der Waals surface area contributed by atoms with Crippen molar-refractivity contribution in [1.29, 1.82) is 0 Å². The second kappa shape index (κ2) is 9.35. The lowest BCUT2D eigenvalue weighted by Gasteiger charge is -2.28. The molecule has 1 aliphatic rings. The lowest BCUT2D eigenvalue weighted by atomic mass is 10.1. The van der Waals surface area contributed by atoms with Crippen LogP contribution in [0.4, 0.5) is 0 Å². The van der Waals surface area contributed by atoms with Crippen molar-refractivity contribution in [3.05, 3.63) is 71.3 Å². The van der Waals surface area contributed by atoms with Crippen molar-refractivity contribution in [2.45, 2.75) is 32.4 Å². The van der Waals surface area contributed by atoms with E-state index < -0.39 is 6.04 Å². The van der Waals surface area contributed by atoms with Gasteiger partial charge >= 0.3 is 0 Å². The predicted molar refractivity (Wildman–Crippen MR) is 112 cm³/mol. The predicted octanol–water partition coefficient (Wildman–Crippen LogP) is 2.23. The molecule has 3 rings (SSSR count). The number of carbonyl (C=O) groups excluding carboxylic acids is 4. The minimum Gasteiger partial charge on any atom is -0.357 e. The molecular formula is C23H25N3O4. The highest BCUT2D eigenvalue weighted by atomic mass is 16.2. The van der Waals surface area contributed by atoms with E-state index in [2.05, 4.69) is 5.32 Å². The van der Waals surface area contributed by atoms with E-state index in [1.54, 1.807) is 31.2 Å². The molecule has 7 nitrogen and oxygen atoms in total. The number of nitrogens with zero attached hydrogens (tertiary/aromatic N) is 2. The molecule has 0 aromatic heterocycles. The summed E-state index contributed by atoms with van der Waals surface area (Å²) in [6.07, 6.45) is 0.456. The zero-order valence-corrected chi connectivity index (χ0v) is 17.1. The Hall–Kier alpha value is -3.48. The van der Waals surface area contributed by atoms with Crippen molar-refractivity contribution in [2.75, 3.05) is 13.6 Å². The molecule has 1 heterocycles. The first-order valence-electron chi connectivity index (χ1n) is 9.94. The van der Waals surface area contributed by atoms with E-state index in [0.29, 0.717) is 24.1 Å². The van der Waals surface area contributed by atoms with Gasteiger partial charge in [0, 0.05) is 26.6 Å². The number of likely N-dealkylation sites (N-methyl/N-ethyl adjacent to an activating group) is 1. The third-order valence-corrected chi connectivity index (χ3v) is 5.26. The molecule has 0 saturated heterocycles. The van der Waals surface area contributed by atoms with Crippen LogP contribution in [0.2, 0.25) is 0 Å². The van der Waals surface area contributed by atoms with Crippen LogP contribution in [0.5, 0.6) is 0 Å². The monoisotopic (exact) mass is 407 g/mol. The van der Waals surface area contributed by atoms with E-state index in [-0.39, 0.29) is 36.6 Å². The molecule has 0 saturated carbocycles. The molecule has 0 aliphatic carbocycles. The molecule has 0 bridgehead atoms. The Balaban J connectivity index is 1.64. The van der Waals surface area contributed by atoms with Crippen molar-refractivity contribution >= 4 is 23.6 Å². The number of fused-ring (bicyclic) bond motifs is 1. The van der Waals surface area contributed by atoms with Crippen molar-refractivity contribution in [2.24, 2.45) is 0 Å². The second-order valence-corrected chi connectivity index (χ2v) is 7.21. The minimum absolute atomic E-state index is 0.127. The Morgan fingerprint density at radius 2 is 1.53 bits per heavy atom. The van der Waals surface area contributed by atoms with Crippen molar-refractivity contribution in [3.8, 4) is 0 Å². The maximum absolute atomic E-state index is 12.9. The zero-order chi connectivity index (χ0) is 21.7. The molecule has 2 aromatic carbocycles. The fourth-order valence-corrected chi connectivity index (χ4v) is 3.55. The first-order valence-corrected chi connectivity index (χ1v) is 9.94. The Kier molecular flexibility index (Phi) is 6.61. The van der Waals surface area contributed by atoms with Gasteiger partial charge in [0.05, 0.1) is 11.1 Å². The highest BCUT2D eigenvalue weighted by Crippen LogP contribution is 2.23. The summed E-state index contributed by atoms with van der Waals surface area (Å²) >= 11 is 0. The van der Waals surface area contributed by atoms with Crippen LogP contribution >= 0.6 is 0 Å². The number of benzene rings is 2. The summed E-state index contributed by atoms with van der Waals surface area (Å²) < 4.78 is 0. The van der Waals surface area contributed by atoms with E-state index in [1.165, 1.54) is 16.8 Å². The molecule has 30 heavy (non-hydrogen) atoms. The third kappa shape index (κ3) is 4.40. The van der Waals surface area contributed by atoms with Crippen LogP contribution in [0, 0.1) is 0 Å². The van der Waals surface area contributed by atoms with Crippen LogP contribution in [0.25, 0.3) is 0 Å². The summed E-state index contributed by atoms with van der Waals surface area (Å²) in [6.45, 7) is 2.15. The summed E-state index contributed by atoms with van der Waals surface area (Å²) in [5, 5.41) is 2.58. The van der Waals surface area contributed by atoms with Crippen molar-refractivity contribution < 1.29 is 19.2 Å². The van der Waals surface area contributed by atoms with Gasteiger partial charge in [-0.05, 0) is 31.0 Å². The smallest absolute Gasteiger partial charge is 0.261 e. The number of rotatable bonds is 8. The van der Waals surface area contributed by atoms with E-state index in [9.17, 15) is 19.2 Å². The van der Waals surface area contributed by atoms with Gasteiger partial charge in [0.15, 0.2) is 0 Å². The molecule has 1 aliphatic heterocycles. The number of amides is 4. The maximum atomic E-state index is 12.9. The van der Waals surface area contributed by atoms with Crippen molar-refractivity contribution in [1.82, 2.24) is 15.1 Å². The van der Waals surface area contributed by atoms with E-state index in [1.807, 2.05) is 30.3 Å². The summed E-state index contributed by atoms with van der Waals surface area (Å²) in [5.74, 6) is -1.11. The maximum Gasteiger partial charge on any atom is 0.261 e. The van der Waals surface area contributed by atoms with Crippen LogP contribution in [0.3, 0.4) is 0 Å². The van der Waals surface area contributed by atoms with E-state index in [4.69, 9.17) is 0 Å². The average Bonchev–Trinajstić information content (AvgIpc) is 3.02. The zero-order valence-electron chi connectivity index (χ0n) is 17.1. The molecule has 0 radical (unpaired) electrons. The molecule has 7 heteroatoms. The lowest BCUT2D eigenvalue weighted by molar-refractivity contribution is -0.140. The largest absolute Gasteiger partial charge is 0.357 e. The minimum atomic E-state index is -0.637. The molecule has 0 unspecified atom stereocenters. The van der Waals surface area contributed by atoms with Crippen LogP contribution in [0.1, 0.15) is 46.0 Å². The topological polar surface area (TPSA) is 86.8 Å². The van der Waals surface area contributed by atoms with Gasteiger partial charge in [-0.25, -0.2) is 0 Å². The van der Waals surface area contributed by atoms with Gasteiger partial charge in [-0.15, -0.1) is 0 Å². The number of hydrogen-bond acceptors (Lipinski definition) is 4. The summed E-state index contributed by atoms with van der Waals surface area (Å²) in [4.78, 5) is 52.7. The van der Waals surface area contributed by atoms with Gasteiger partial charge in [-0.3, -0.25) is 24.1 Å². The first-order chi connectivity index (χ1) is 14.4. The molecular weight excluding hydrogens is 382 g/mol. The van der Waals surface area contributed by atoms with Gasteiger partial charge in [-0.2, -0.15) is 0 Å². The molecule has 4 amide bonds. The van der Waals surface area contributed by atoms with Gasteiger partial charge in [-0.1, -0.05) is 42.5 Å². The van der Waals surface area contributed by atoms with E-state index in [0.717, 1.165) is 5.56 Å².